The molecule has 2 fully saturated rings. The lowest BCUT2D eigenvalue weighted by molar-refractivity contribution is -0.138. The van der Waals surface area contributed by atoms with E-state index in [1.54, 1.807) is 18.2 Å². The van der Waals surface area contributed by atoms with Gasteiger partial charge in [-0.15, -0.1) is 0 Å². The first-order chi connectivity index (χ1) is 30.6. The number of piperidine rings is 2. The Morgan fingerprint density at radius 2 is 1.22 bits per heavy atom. The molecule has 346 valence electrons. The number of anilines is 1. The van der Waals surface area contributed by atoms with Crippen LogP contribution in [0.4, 0.5) is 36.4 Å². The second-order valence-corrected chi connectivity index (χ2v) is 18.0. The van der Waals surface area contributed by atoms with Crippen molar-refractivity contribution in [2.24, 2.45) is 16.0 Å². The molecule has 1 unspecified atom stereocenters. The lowest BCUT2D eigenvalue weighted by Crippen LogP contribution is -2.38. The molecule has 2 amide bonds. The number of amides is 2. The zero-order valence-corrected chi connectivity index (χ0v) is 35.4. The van der Waals surface area contributed by atoms with Gasteiger partial charge in [0.2, 0.25) is 26.2 Å². The van der Waals surface area contributed by atoms with Crippen molar-refractivity contribution in [3.05, 3.63) is 125 Å². The van der Waals surface area contributed by atoms with Gasteiger partial charge in [-0.25, -0.2) is 21.2 Å². The van der Waals surface area contributed by atoms with E-state index in [1.165, 1.54) is 24.3 Å². The Morgan fingerprint density at radius 1 is 0.723 bits per heavy atom. The lowest BCUT2D eigenvalue weighted by atomic mass is 10.1. The Hall–Kier alpha value is -6.42. The molecular weight excluding hydrogens is 916 g/mol. The maximum atomic E-state index is 13.4. The van der Waals surface area contributed by atoms with Gasteiger partial charge < -0.3 is 20.7 Å². The smallest absolute Gasteiger partial charge is 0.386 e. The molecule has 3 N–H and O–H groups in total. The van der Waals surface area contributed by atoms with Crippen molar-refractivity contribution in [2.75, 3.05) is 38.1 Å². The summed E-state index contributed by atoms with van der Waals surface area (Å²) in [5.74, 6) is -1.96. The van der Waals surface area contributed by atoms with Gasteiger partial charge in [0.15, 0.2) is 6.61 Å². The third-order valence-corrected chi connectivity index (χ3v) is 13.3. The predicted octanol–water partition coefficient (Wildman–Crippen LogP) is 6.60. The second-order valence-electron chi connectivity index (χ2n) is 14.1. The summed E-state index contributed by atoms with van der Waals surface area (Å²) in [5.41, 5.74) is 5.17. The van der Waals surface area contributed by atoms with Crippen molar-refractivity contribution in [1.82, 2.24) is 8.61 Å². The molecule has 6 rings (SSSR count). The van der Waals surface area contributed by atoms with Gasteiger partial charge in [0, 0.05) is 63.1 Å². The summed E-state index contributed by atoms with van der Waals surface area (Å²) in [6, 6.07) is 20.6. The van der Waals surface area contributed by atoms with Crippen molar-refractivity contribution in [2.45, 2.75) is 53.9 Å². The van der Waals surface area contributed by atoms with E-state index in [9.17, 15) is 57.2 Å². The van der Waals surface area contributed by atoms with Crippen LogP contribution < -0.4 is 11.1 Å². The third kappa shape index (κ3) is 13.5. The summed E-state index contributed by atoms with van der Waals surface area (Å²) < 4.78 is 144. The minimum atomic E-state index is -4.66. The molecular formula is C41H38F7N7O8S2. The molecule has 2 saturated heterocycles. The zero-order valence-electron chi connectivity index (χ0n) is 33.7. The monoisotopic (exact) mass is 953 g/mol. The third-order valence-electron chi connectivity index (χ3n) is 9.56. The van der Waals surface area contributed by atoms with Gasteiger partial charge in [-0.2, -0.15) is 40.2 Å². The fourth-order valence-electron chi connectivity index (χ4n) is 6.24. The summed E-state index contributed by atoms with van der Waals surface area (Å²) in [7, 11) is -8.23. The highest BCUT2D eigenvalue weighted by molar-refractivity contribution is 7.89. The highest BCUT2D eigenvalue weighted by Gasteiger charge is 2.35. The largest absolute Gasteiger partial charge is 0.416 e. The number of hydrogen-bond acceptors (Lipinski definition) is 11. The molecule has 4 aromatic carbocycles. The van der Waals surface area contributed by atoms with E-state index in [4.69, 9.17) is 20.7 Å². The molecule has 2 heterocycles. The molecule has 0 saturated carbocycles. The normalized spacial score (nSPS) is 15.7. The number of nitrogens with two attached hydrogens (primary N) is 1. The summed E-state index contributed by atoms with van der Waals surface area (Å²) in [6.07, 6.45) is -9.95. The average Bonchev–Trinajstić information content (AvgIpc) is 3.26. The molecule has 2 aliphatic rings. The molecule has 0 radical (unpaired) electrons. The van der Waals surface area contributed by atoms with Crippen LogP contribution in [0.5, 0.6) is 0 Å². The summed E-state index contributed by atoms with van der Waals surface area (Å²) in [6.45, 7) is -0.418. The highest BCUT2D eigenvalue weighted by Crippen LogP contribution is 2.33. The van der Waals surface area contributed by atoms with Gasteiger partial charge in [0.05, 0.1) is 44.0 Å². The van der Waals surface area contributed by atoms with Crippen molar-refractivity contribution in [1.29, 1.82) is 5.26 Å². The SMILES string of the molecule is N#Cc1cccc(NC(=O)CON=C2CCN(S(=O)(=O)c3cccc(C(F)(F)F)c3)CC2)c1.NC(=O)C(ON=C1CCN(S(=O)(=O)c2cccc(C(F)(F)F)c2)CC1)c1cccc(F)c1. The lowest BCUT2D eigenvalue weighted by Gasteiger charge is -2.27. The quantitative estimate of drug-likeness (QED) is 0.115. The van der Waals surface area contributed by atoms with Crippen molar-refractivity contribution in [3.63, 3.8) is 0 Å². The molecule has 0 aliphatic carbocycles. The van der Waals surface area contributed by atoms with Crippen LogP contribution in [0.15, 0.2) is 117 Å². The minimum Gasteiger partial charge on any atom is -0.386 e. The number of nitriles is 1. The minimum absolute atomic E-state index is 0.0217. The number of nitrogens with one attached hydrogen (secondary N) is 1. The van der Waals surface area contributed by atoms with Crippen molar-refractivity contribution >= 4 is 49.0 Å². The Balaban J connectivity index is 0.000000244. The topological polar surface area (TPSA) is 214 Å². The Morgan fingerprint density at radius 3 is 1.69 bits per heavy atom. The predicted molar refractivity (Wildman–Crippen MR) is 219 cm³/mol. The number of hydrogen-bond donors (Lipinski definition) is 2. The van der Waals surface area contributed by atoms with Crippen LogP contribution in [0.2, 0.25) is 0 Å². The number of alkyl halides is 6. The number of rotatable bonds is 12. The van der Waals surface area contributed by atoms with Crippen LogP contribution in [0.25, 0.3) is 0 Å². The van der Waals surface area contributed by atoms with E-state index in [1.807, 2.05) is 6.07 Å². The molecule has 24 heteroatoms. The van der Waals surface area contributed by atoms with Crippen LogP contribution in [0.1, 0.15) is 54.0 Å². The molecule has 4 aromatic rings. The number of benzene rings is 4. The van der Waals surface area contributed by atoms with E-state index >= 15 is 0 Å². The van der Waals surface area contributed by atoms with Crippen LogP contribution in [-0.4, -0.2) is 81.5 Å². The van der Waals surface area contributed by atoms with Crippen LogP contribution >= 0.6 is 0 Å². The zero-order chi connectivity index (χ0) is 47.6. The fourth-order valence-corrected chi connectivity index (χ4v) is 9.21. The number of nitrogens with zero attached hydrogens (tertiary/aromatic N) is 5. The molecule has 1 atom stereocenters. The average molecular weight is 954 g/mol. The first-order valence-corrected chi connectivity index (χ1v) is 22.0. The number of primary amides is 1. The van der Waals surface area contributed by atoms with Gasteiger partial charge in [-0.1, -0.05) is 40.6 Å². The second kappa shape index (κ2) is 21.0. The van der Waals surface area contributed by atoms with Gasteiger partial charge in [-0.05, 0) is 66.7 Å². The van der Waals surface area contributed by atoms with E-state index in [2.05, 4.69) is 15.6 Å². The van der Waals surface area contributed by atoms with Crippen LogP contribution in [0, 0.1) is 17.1 Å². The Labute approximate surface area is 368 Å². The summed E-state index contributed by atoms with van der Waals surface area (Å²) in [4.78, 5) is 33.0. The number of carbonyl (C=O) groups excluding carboxylic acids is 2. The molecule has 0 spiro atoms. The number of oxime groups is 2. The van der Waals surface area contributed by atoms with Gasteiger partial charge in [0.1, 0.15) is 5.82 Å². The number of halogens is 7. The Kier molecular flexibility index (Phi) is 16.1. The van der Waals surface area contributed by atoms with E-state index in [0.29, 0.717) is 34.8 Å². The maximum Gasteiger partial charge on any atom is 0.416 e. The van der Waals surface area contributed by atoms with Gasteiger partial charge >= 0.3 is 12.4 Å². The molecule has 0 bridgehead atoms. The highest BCUT2D eigenvalue weighted by atomic mass is 32.2. The van der Waals surface area contributed by atoms with Crippen molar-refractivity contribution in [3.8, 4) is 6.07 Å². The van der Waals surface area contributed by atoms with Gasteiger partial charge in [0.25, 0.3) is 11.8 Å². The summed E-state index contributed by atoms with van der Waals surface area (Å²) in [5, 5.41) is 19.2. The first-order valence-electron chi connectivity index (χ1n) is 19.2. The number of sulfonamides is 2. The fraction of sp³-hybridized carbons (Fsp3) is 0.293. The molecule has 2 aliphatic heterocycles. The van der Waals surface area contributed by atoms with Gasteiger partial charge in [-0.3, -0.25) is 9.59 Å². The molecule has 0 aromatic heterocycles. The Bertz CT molecular complexity index is 2690. The maximum absolute atomic E-state index is 13.4. The van der Waals surface area contributed by atoms with Crippen LogP contribution in [-0.2, 0) is 51.7 Å². The van der Waals surface area contributed by atoms with E-state index in [0.717, 1.165) is 51.1 Å². The first kappa shape index (κ1) is 49.6. The summed E-state index contributed by atoms with van der Waals surface area (Å²) >= 11 is 0. The molecule has 65 heavy (non-hydrogen) atoms. The van der Waals surface area contributed by atoms with Crippen LogP contribution in [0.3, 0.4) is 0 Å². The van der Waals surface area contributed by atoms with E-state index < -0.39 is 77.1 Å². The molecule has 15 nitrogen and oxygen atoms in total. The standard InChI is InChI=1S/C21H19F3N4O4S.C20H19F4N3O4S/c22-21(23,24)16-4-2-6-19(12-16)33(30,31)28-9-7-17(8-10-28)27-32-14-20(29)26-18-5-1-3-15(11-18)13-25;21-15-5-1-3-13(11-15)18(19(25)28)31-26-16-7-9-27(10-8-16)32(29,30)17-6-2-4-14(12-17)20(22,23)24/h1-6,11-12H,7-10,14H2,(H,26,29);1-6,11-12,18H,7-10H2,(H2,25,28). The number of carbonyl (C=O) groups is 2. The van der Waals surface area contributed by atoms with E-state index in [-0.39, 0.29) is 64.0 Å². The van der Waals surface area contributed by atoms with Crippen molar-refractivity contribution < 1.29 is 66.8 Å².